The third-order valence-corrected chi connectivity index (χ3v) is 4.28. The van der Waals surface area contributed by atoms with E-state index in [1.165, 1.54) is 7.11 Å². The van der Waals surface area contributed by atoms with Crippen LogP contribution in [0, 0.1) is 5.92 Å². The van der Waals surface area contributed by atoms with Crippen LogP contribution in [0.5, 0.6) is 17.2 Å². The zero-order valence-corrected chi connectivity index (χ0v) is 17.3. The number of allylic oxidation sites excluding steroid dienone is 1. The molecule has 0 saturated carbocycles. The predicted molar refractivity (Wildman–Crippen MR) is 106 cm³/mol. The molecule has 0 unspecified atom stereocenters. The van der Waals surface area contributed by atoms with Gasteiger partial charge in [-0.15, -0.1) is 0 Å². The van der Waals surface area contributed by atoms with E-state index in [0.29, 0.717) is 40.2 Å². The van der Waals surface area contributed by atoms with E-state index in [9.17, 15) is 4.79 Å². The van der Waals surface area contributed by atoms with Gasteiger partial charge in [0.25, 0.3) is 0 Å². The Morgan fingerprint density at radius 2 is 1.74 bits per heavy atom. The lowest BCUT2D eigenvalue weighted by molar-refractivity contribution is -0.140. The summed E-state index contributed by atoms with van der Waals surface area (Å²) in [5.41, 5.74) is 1.84. The lowest BCUT2D eigenvalue weighted by Crippen LogP contribution is -2.45. The first-order valence-corrected chi connectivity index (χ1v) is 8.98. The normalized spacial score (nSPS) is 16.6. The molecule has 0 aromatic heterocycles. The molecule has 1 aliphatic heterocycles. The van der Waals surface area contributed by atoms with Crippen LogP contribution in [0.2, 0.25) is 0 Å². The number of ether oxygens (including phenoxy) is 4. The second-order valence-corrected chi connectivity index (χ2v) is 6.93. The molecule has 148 valence electrons. The fraction of sp³-hybridized carbons (Fsp3) is 0.474. The lowest BCUT2D eigenvalue weighted by atomic mass is 9.95. The number of methoxy groups -OCH3 is 3. The first kappa shape index (κ1) is 20.8. The van der Waals surface area contributed by atoms with Gasteiger partial charge in [0, 0.05) is 5.70 Å². The second kappa shape index (κ2) is 8.94. The van der Waals surface area contributed by atoms with Crippen molar-refractivity contribution >= 4 is 23.3 Å². The molecule has 1 aromatic carbocycles. The summed E-state index contributed by atoms with van der Waals surface area (Å²) in [6.07, 6.45) is 0. The highest BCUT2D eigenvalue weighted by molar-refractivity contribution is 7.80. The number of carbonyl (C=O) groups is 1. The Balaban J connectivity index is 2.51. The number of esters is 1. The number of rotatable bonds is 7. The number of hydrogen-bond acceptors (Lipinski definition) is 6. The van der Waals surface area contributed by atoms with Crippen LogP contribution in [0.1, 0.15) is 32.4 Å². The highest BCUT2D eigenvalue weighted by atomic mass is 32.1. The fourth-order valence-electron chi connectivity index (χ4n) is 2.80. The summed E-state index contributed by atoms with van der Waals surface area (Å²) in [6.45, 7) is 6.10. The van der Waals surface area contributed by atoms with Gasteiger partial charge in [-0.3, -0.25) is 0 Å². The molecule has 0 spiro atoms. The summed E-state index contributed by atoms with van der Waals surface area (Å²) in [6, 6.07) is 3.07. The standard InChI is InChI=1S/C19H26N2O5S/c1-10(2)9-26-18(22)15-11(3)20-19(27)21-16(15)12-7-13(23-4)17(25-6)14(8-12)24-5/h7-8,10,16H,9H2,1-6H3,(H2,20,21,27)/t16-/m1/s1. The summed E-state index contributed by atoms with van der Waals surface area (Å²) < 4.78 is 21.7. The quantitative estimate of drug-likeness (QED) is 0.540. The minimum Gasteiger partial charge on any atom is -0.493 e. The second-order valence-electron chi connectivity index (χ2n) is 6.52. The average Bonchev–Trinajstić information content (AvgIpc) is 2.64. The van der Waals surface area contributed by atoms with E-state index in [-0.39, 0.29) is 5.92 Å². The van der Waals surface area contributed by atoms with E-state index >= 15 is 0 Å². The molecule has 0 aliphatic carbocycles. The zero-order chi connectivity index (χ0) is 20.1. The predicted octanol–water partition coefficient (Wildman–Crippen LogP) is 2.70. The van der Waals surface area contributed by atoms with Gasteiger partial charge in [-0.1, -0.05) is 13.8 Å². The van der Waals surface area contributed by atoms with Crippen molar-refractivity contribution in [2.45, 2.75) is 26.8 Å². The van der Waals surface area contributed by atoms with Crippen molar-refractivity contribution in [2.75, 3.05) is 27.9 Å². The summed E-state index contributed by atoms with van der Waals surface area (Å²) in [7, 11) is 4.62. The van der Waals surface area contributed by atoms with E-state index in [2.05, 4.69) is 10.6 Å². The smallest absolute Gasteiger partial charge is 0.338 e. The van der Waals surface area contributed by atoms with Crippen molar-refractivity contribution in [1.82, 2.24) is 10.6 Å². The van der Waals surface area contributed by atoms with Crippen LogP contribution < -0.4 is 24.8 Å². The van der Waals surface area contributed by atoms with Crippen LogP contribution in [0.15, 0.2) is 23.4 Å². The van der Waals surface area contributed by atoms with Crippen molar-refractivity contribution in [3.63, 3.8) is 0 Å². The van der Waals surface area contributed by atoms with Crippen molar-refractivity contribution in [3.8, 4) is 17.2 Å². The Hall–Kier alpha value is -2.48. The number of hydrogen-bond donors (Lipinski definition) is 2. The molecule has 8 heteroatoms. The van der Waals surface area contributed by atoms with Crippen LogP contribution in [-0.2, 0) is 9.53 Å². The van der Waals surface area contributed by atoms with Crippen molar-refractivity contribution in [2.24, 2.45) is 5.92 Å². The number of thiocarbonyl (C=S) groups is 1. The Kier molecular flexibility index (Phi) is 6.90. The van der Waals surface area contributed by atoms with Gasteiger partial charge in [0.15, 0.2) is 16.6 Å². The summed E-state index contributed by atoms with van der Waals surface area (Å²) >= 11 is 5.28. The maximum Gasteiger partial charge on any atom is 0.338 e. The average molecular weight is 394 g/mol. The topological polar surface area (TPSA) is 78.1 Å². The first-order valence-electron chi connectivity index (χ1n) is 8.57. The van der Waals surface area contributed by atoms with E-state index in [0.717, 1.165) is 5.56 Å². The van der Waals surface area contributed by atoms with Gasteiger partial charge in [-0.05, 0) is 42.8 Å². The van der Waals surface area contributed by atoms with Crippen LogP contribution in [0.4, 0.5) is 0 Å². The number of benzene rings is 1. The largest absolute Gasteiger partial charge is 0.493 e. The van der Waals surface area contributed by atoms with Gasteiger partial charge in [0.2, 0.25) is 5.75 Å². The van der Waals surface area contributed by atoms with E-state index in [1.807, 2.05) is 13.8 Å². The van der Waals surface area contributed by atoms with Gasteiger partial charge >= 0.3 is 5.97 Å². The van der Waals surface area contributed by atoms with E-state index in [1.54, 1.807) is 33.3 Å². The van der Waals surface area contributed by atoms with Crippen molar-refractivity contribution in [1.29, 1.82) is 0 Å². The van der Waals surface area contributed by atoms with Gasteiger partial charge < -0.3 is 29.6 Å². The van der Waals surface area contributed by atoms with Crippen LogP contribution in [0.25, 0.3) is 0 Å². The summed E-state index contributed by atoms with van der Waals surface area (Å²) in [5.74, 6) is 1.30. The molecular weight excluding hydrogens is 368 g/mol. The molecule has 1 heterocycles. The minimum absolute atomic E-state index is 0.236. The van der Waals surface area contributed by atoms with Gasteiger partial charge in [0.05, 0.1) is 39.6 Å². The molecule has 0 fully saturated rings. The molecule has 0 saturated heterocycles. The molecule has 0 radical (unpaired) electrons. The first-order chi connectivity index (χ1) is 12.8. The highest BCUT2D eigenvalue weighted by Crippen LogP contribution is 2.41. The highest BCUT2D eigenvalue weighted by Gasteiger charge is 2.32. The molecule has 1 aliphatic rings. The van der Waals surface area contributed by atoms with Crippen molar-refractivity contribution in [3.05, 3.63) is 29.0 Å². The third-order valence-electron chi connectivity index (χ3n) is 4.06. The van der Waals surface area contributed by atoms with Crippen LogP contribution >= 0.6 is 12.2 Å². The fourth-order valence-corrected chi connectivity index (χ4v) is 3.07. The molecule has 1 aromatic rings. The molecule has 2 N–H and O–H groups in total. The van der Waals surface area contributed by atoms with Gasteiger partial charge in [-0.2, -0.15) is 0 Å². The van der Waals surface area contributed by atoms with Crippen LogP contribution in [0.3, 0.4) is 0 Å². The Bertz CT molecular complexity index is 735. The minimum atomic E-state index is -0.507. The molecule has 7 nitrogen and oxygen atoms in total. The third kappa shape index (κ3) is 4.63. The molecule has 1 atom stereocenters. The SMILES string of the molecule is COc1cc([C@H]2NC(=S)NC(C)=C2C(=O)OCC(C)C)cc(OC)c1OC. The molecule has 0 bridgehead atoms. The monoisotopic (exact) mass is 394 g/mol. The maximum absolute atomic E-state index is 12.7. The zero-order valence-electron chi connectivity index (χ0n) is 16.5. The van der Waals surface area contributed by atoms with Gasteiger partial charge in [-0.25, -0.2) is 4.79 Å². The Labute approximate surface area is 165 Å². The van der Waals surface area contributed by atoms with E-state index in [4.69, 9.17) is 31.2 Å². The molecule has 0 amide bonds. The Morgan fingerprint density at radius 1 is 1.15 bits per heavy atom. The lowest BCUT2D eigenvalue weighted by Gasteiger charge is -2.30. The van der Waals surface area contributed by atoms with Gasteiger partial charge in [0.1, 0.15) is 0 Å². The molecular formula is C19H26N2O5S. The maximum atomic E-state index is 12.7. The summed E-state index contributed by atoms with van der Waals surface area (Å²) in [5, 5.41) is 6.54. The van der Waals surface area contributed by atoms with Crippen molar-refractivity contribution < 1.29 is 23.7 Å². The summed E-state index contributed by atoms with van der Waals surface area (Å²) in [4.78, 5) is 12.7. The Morgan fingerprint density at radius 3 is 2.22 bits per heavy atom. The number of nitrogens with one attached hydrogen (secondary N) is 2. The molecule has 2 rings (SSSR count). The van der Waals surface area contributed by atoms with E-state index < -0.39 is 12.0 Å². The van der Waals surface area contributed by atoms with Crippen LogP contribution in [-0.4, -0.2) is 39.0 Å². The molecule has 27 heavy (non-hydrogen) atoms. The number of carbonyl (C=O) groups excluding carboxylic acids is 1.